The van der Waals surface area contributed by atoms with Crippen LogP contribution in [0.4, 0.5) is 0 Å². The number of rotatable bonds is 6. The van der Waals surface area contributed by atoms with Crippen molar-refractivity contribution in [2.45, 2.75) is 27.9 Å². The highest BCUT2D eigenvalue weighted by Gasteiger charge is 2.33. The lowest BCUT2D eigenvalue weighted by Crippen LogP contribution is -2.42. The maximum Gasteiger partial charge on any atom is 0.253 e. The van der Waals surface area contributed by atoms with Gasteiger partial charge in [0.25, 0.3) is 5.91 Å². The van der Waals surface area contributed by atoms with E-state index in [0.717, 1.165) is 0 Å². The Balaban J connectivity index is 1.39. The minimum atomic E-state index is -3.63. The summed E-state index contributed by atoms with van der Waals surface area (Å²) in [7, 11) is -5.62. The van der Waals surface area contributed by atoms with Crippen LogP contribution in [0.2, 0.25) is 0 Å². The Kier molecular flexibility index (Phi) is 7.27. The average Bonchev–Trinajstić information content (AvgIpc) is 2.89. The second-order valence-corrected chi connectivity index (χ2v) is 12.4. The summed E-state index contributed by atoms with van der Waals surface area (Å²) in [5.41, 5.74) is 0.373. The van der Waals surface area contributed by atoms with Gasteiger partial charge in [0, 0.05) is 31.7 Å². The Hall–Kier alpha value is -2.47. The predicted octanol–water partition coefficient (Wildman–Crippen LogP) is 1.79. The summed E-state index contributed by atoms with van der Waals surface area (Å²) in [6.45, 7) is 1.95. The van der Waals surface area contributed by atoms with Gasteiger partial charge in [-0.15, -0.1) is 0 Å². The number of piperidine rings is 1. The van der Waals surface area contributed by atoms with Crippen LogP contribution >= 0.6 is 0 Å². The first-order valence-corrected chi connectivity index (χ1v) is 14.1. The summed E-state index contributed by atoms with van der Waals surface area (Å²) in [5.74, 6) is 0.346. The topological polar surface area (TPSA) is 110 Å². The van der Waals surface area contributed by atoms with Gasteiger partial charge in [-0.3, -0.25) is 4.79 Å². The normalized spacial score (nSPS) is 18.6. The minimum Gasteiger partial charge on any atom is -0.497 e. The number of ether oxygens (including phenoxy) is 2. The first-order valence-electron chi connectivity index (χ1n) is 11.1. The molecule has 0 spiro atoms. The van der Waals surface area contributed by atoms with Crippen molar-refractivity contribution < 1.29 is 31.1 Å². The van der Waals surface area contributed by atoms with Crippen molar-refractivity contribution in [2.75, 3.05) is 46.5 Å². The van der Waals surface area contributed by atoms with Crippen LogP contribution in [0.1, 0.15) is 23.2 Å². The number of amides is 1. The average molecular weight is 509 g/mol. The fraction of sp³-hybridized carbons (Fsp3) is 0.435. The van der Waals surface area contributed by atoms with E-state index in [4.69, 9.17) is 9.47 Å². The van der Waals surface area contributed by atoms with E-state index in [2.05, 4.69) is 0 Å². The fourth-order valence-corrected chi connectivity index (χ4v) is 7.35. The lowest BCUT2D eigenvalue weighted by atomic mass is 10.1. The van der Waals surface area contributed by atoms with E-state index in [1.54, 1.807) is 17.0 Å². The molecule has 2 aromatic rings. The highest BCUT2D eigenvalue weighted by molar-refractivity contribution is 7.92. The summed E-state index contributed by atoms with van der Waals surface area (Å²) in [6.07, 6.45) is 0.674. The van der Waals surface area contributed by atoms with E-state index in [9.17, 15) is 21.6 Å². The molecule has 2 aromatic carbocycles. The number of methoxy groups -OCH3 is 1. The molecule has 2 heterocycles. The molecular formula is C23H28N2O7S2. The quantitative estimate of drug-likeness (QED) is 0.585. The zero-order chi connectivity index (χ0) is 24.3. The van der Waals surface area contributed by atoms with Gasteiger partial charge >= 0.3 is 0 Å². The van der Waals surface area contributed by atoms with E-state index < -0.39 is 25.1 Å². The summed E-state index contributed by atoms with van der Waals surface area (Å²) < 4.78 is 63.2. The number of morpholine rings is 1. The van der Waals surface area contributed by atoms with Crippen molar-refractivity contribution in [1.82, 2.24) is 9.21 Å². The van der Waals surface area contributed by atoms with E-state index in [-0.39, 0.29) is 15.7 Å². The number of carbonyl (C=O) groups is 1. The van der Waals surface area contributed by atoms with Crippen molar-refractivity contribution in [2.24, 2.45) is 0 Å². The molecule has 0 N–H and O–H groups in total. The maximum atomic E-state index is 13.0. The molecule has 34 heavy (non-hydrogen) atoms. The highest BCUT2D eigenvalue weighted by Crippen LogP contribution is 2.27. The smallest absolute Gasteiger partial charge is 0.253 e. The van der Waals surface area contributed by atoms with Gasteiger partial charge in [0.2, 0.25) is 10.0 Å². The highest BCUT2D eigenvalue weighted by atomic mass is 32.2. The van der Waals surface area contributed by atoms with Crippen LogP contribution in [-0.2, 0) is 24.6 Å². The minimum absolute atomic E-state index is 0.134. The molecule has 0 radical (unpaired) electrons. The SMILES string of the molecule is COc1ccc(S(=O)(=O)C2CCN(C(=O)c3ccc(S(=O)(=O)N4CCOCC4)cc3)CC2)cc1. The molecule has 2 aliphatic rings. The van der Waals surface area contributed by atoms with Crippen LogP contribution in [-0.4, -0.2) is 83.7 Å². The van der Waals surface area contributed by atoms with Gasteiger partial charge in [-0.2, -0.15) is 4.31 Å². The molecule has 0 unspecified atom stereocenters. The number of nitrogens with zero attached hydrogens (tertiary/aromatic N) is 2. The first kappa shape index (κ1) is 24.6. The number of benzene rings is 2. The van der Waals surface area contributed by atoms with Gasteiger partial charge in [-0.05, 0) is 61.4 Å². The van der Waals surface area contributed by atoms with E-state index in [1.807, 2.05) is 0 Å². The second-order valence-electron chi connectivity index (χ2n) is 8.25. The molecule has 2 saturated heterocycles. The predicted molar refractivity (Wildman–Crippen MR) is 125 cm³/mol. The largest absolute Gasteiger partial charge is 0.497 e. The van der Waals surface area contributed by atoms with Gasteiger partial charge in [-0.1, -0.05) is 0 Å². The Labute approximate surface area is 200 Å². The zero-order valence-corrected chi connectivity index (χ0v) is 20.6. The third-order valence-corrected chi connectivity index (χ3v) is 10.5. The molecule has 0 aliphatic carbocycles. The molecule has 9 nitrogen and oxygen atoms in total. The molecule has 11 heteroatoms. The van der Waals surface area contributed by atoms with E-state index in [0.29, 0.717) is 63.5 Å². The molecule has 2 fully saturated rings. The molecule has 4 rings (SSSR count). The van der Waals surface area contributed by atoms with Crippen LogP contribution in [0.25, 0.3) is 0 Å². The van der Waals surface area contributed by atoms with Crippen molar-refractivity contribution in [3.05, 3.63) is 54.1 Å². The lowest BCUT2D eigenvalue weighted by molar-refractivity contribution is 0.0725. The van der Waals surface area contributed by atoms with Crippen LogP contribution in [0, 0.1) is 0 Å². The Morgan fingerprint density at radius 2 is 1.41 bits per heavy atom. The number of hydrogen-bond acceptors (Lipinski definition) is 7. The van der Waals surface area contributed by atoms with Crippen molar-refractivity contribution in [3.63, 3.8) is 0 Å². The molecule has 0 bridgehead atoms. The summed E-state index contributed by atoms with van der Waals surface area (Å²) in [6, 6.07) is 12.2. The molecule has 0 atom stereocenters. The summed E-state index contributed by atoms with van der Waals surface area (Å²) in [4.78, 5) is 14.9. The van der Waals surface area contributed by atoms with Crippen LogP contribution in [0.15, 0.2) is 58.3 Å². The Bertz CT molecular complexity index is 1210. The molecule has 0 aromatic heterocycles. The third kappa shape index (κ3) is 4.97. The van der Waals surface area contributed by atoms with Gasteiger partial charge < -0.3 is 14.4 Å². The monoisotopic (exact) mass is 508 g/mol. The summed E-state index contributed by atoms with van der Waals surface area (Å²) >= 11 is 0. The van der Waals surface area contributed by atoms with Crippen molar-refractivity contribution >= 4 is 25.8 Å². The Morgan fingerprint density at radius 1 is 0.853 bits per heavy atom. The van der Waals surface area contributed by atoms with Gasteiger partial charge in [-0.25, -0.2) is 16.8 Å². The second kappa shape index (κ2) is 10.0. The van der Waals surface area contributed by atoms with Crippen LogP contribution in [0.5, 0.6) is 5.75 Å². The number of carbonyl (C=O) groups excluding carboxylic acids is 1. The van der Waals surface area contributed by atoms with E-state index >= 15 is 0 Å². The van der Waals surface area contributed by atoms with Crippen molar-refractivity contribution in [1.29, 1.82) is 0 Å². The zero-order valence-electron chi connectivity index (χ0n) is 18.9. The molecule has 1 amide bonds. The van der Waals surface area contributed by atoms with Gasteiger partial charge in [0.05, 0.1) is 35.4 Å². The third-order valence-electron chi connectivity index (χ3n) is 6.27. The molecule has 2 aliphatic heterocycles. The Morgan fingerprint density at radius 3 is 1.97 bits per heavy atom. The number of hydrogen-bond donors (Lipinski definition) is 0. The lowest BCUT2D eigenvalue weighted by Gasteiger charge is -2.32. The number of sulfone groups is 1. The van der Waals surface area contributed by atoms with Crippen LogP contribution < -0.4 is 4.74 Å². The fourth-order valence-electron chi connectivity index (χ4n) is 4.22. The summed E-state index contributed by atoms with van der Waals surface area (Å²) in [5, 5.41) is -0.564. The number of likely N-dealkylation sites (tertiary alicyclic amines) is 1. The van der Waals surface area contributed by atoms with Gasteiger partial charge in [0.15, 0.2) is 9.84 Å². The first-order chi connectivity index (χ1) is 16.2. The standard InChI is InChI=1S/C23H28N2O7S2/c1-31-19-4-8-20(9-5-19)33(27,28)21-10-12-24(13-11-21)23(26)18-2-6-22(7-3-18)34(29,30)25-14-16-32-17-15-25/h2-9,21H,10-17H2,1H3. The van der Waals surface area contributed by atoms with Crippen LogP contribution in [0.3, 0.4) is 0 Å². The molecule has 184 valence electrons. The van der Waals surface area contributed by atoms with E-state index in [1.165, 1.54) is 47.8 Å². The molecule has 0 saturated carbocycles. The van der Waals surface area contributed by atoms with Gasteiger partial charge in [0.1, 0.15) is 5.75 Å². The maximum absolute atomic E-state index is 13.0. The molecular weight excluding hydrogens is 480 g/mol. The number of sulfonamides is 1. The van der Waals surface area contributed by atoms with Crippen molar-refractivity contribution in [3.8, 4) is 5.75 Å².